The van der Waals surface area contributed by atoms with Crippen molar-refractivity contribution in [1.82, 2.24) is 0 Å². The molecule has 0 fully saturated rings. The lowest BCUT2D eigenvalue weighted by molar-refractivity contribution is -0.137. The molecule has 0 aliphatic carbocycles. The highest BCUT2D eigenvalue weighted by Gasteiger charge is 2.09. The lowest BCUT2D eigenvalue weighted by Gasteiger charge is -2.14. The van der Waals surface area contributed by atoms with Crippen LogP contribution in [0.25, 0.3) is 0 Å². The van der Waals surface area contributed by atoms with Crippen LogP contribution in [0.15, 0.2) is 18.2 Å². The molecule has 0 aliphatic heterocycles. The van der Waals surface area contributed by atoms with Crippen molar-refractivity contribution in [2.75, 3.05) is 19.0 Å². The second-order valence-electron chi connectivity index (χ2n) is 3.94. The Kier molecular flexibility index (Phi) is 4.78. The normalized spacial score (nSPS) is 11.9. The average Bonchev–Trinajstić information content (AvgIpc) is 2.25. The smallest absolute Gasteiger partial charge is 0.304 e. The first-order valence-corrected chi connectivity index (χ1v) is 5.39. The number of nitrogens with one attached hydrogen (secondary N) is 1. The molecule has 0 radical (unpaired) electrons. The molecule has 1 rings (SSSR count). The predicted octanol–water partition coefficient (Wildman–Crippen LogP) is 1.22. The highest BCUT2D eigenvalue weighted by Crippen LogP contribution is 2.24. The summed E-state index contributed by atoms with van der Waals surface area (Å²) >= 11 is 0. The Hall–Kier alpha value is -1.75. The summed E-state index contributed by atoms with van der Waals surface area (Å²) in [6.45, 7) is 2.37. The molecule has 5 heteroatoms. The molecule has 17 heavy (non-hydrogen) atoms. The van der Waals surface area contributed by atoms with E-state index in [2.05, 4.69) is 5.32 Å². The van der Waals surface area contributed by atoms with Crippen molar-refractivity contribution in [2.24, 2.45) is 5.73 Å². The summed E-state index contributed by atoms with van der Waals surface area (Å²) in [4.78, 5) is 10.5. The van der Waals surface area contributed by atoms with Crippen molar-refractivity contribution in [2.45, 2.75) is 19.4 Å². The number of rotatable bonds is 6. The zero-order valence-electron chi connectivity index (χ0n) is 10.1. The minimum absolute atomic E-state index is 0.0544. The number of hydrogen-bond donors (Lipinski definition) is 3. The van der Waals surface area contributed by atoms with Crippen molar-refractivity contribution in [3.8, 4) is 5.75 Å². The van der Waals surface area contributed by atoms with Crippen molar-refractivity contribution in [1.29, 1.82) is 0 Å². The third-order valence-electron chi connectivity index (χ3n) is 2.35. The Morgan fingerprint density at radius 1 is 1.59 bits per heavy atom. The molecule has 1 atom stereocenters. The Morgan fingerprint density at radius 3 is 2.88 bits per heavy atom. The van der Waals surface area contributed by atoms with Crippen LogP contribution >= 0.6 is 0 Å². The summed E-state index contributed by atoms with van der Waals surface area (Å²) in [6.07, 6.45) is -0.0544. The number of aryl methyl sites for hydroxylation is 1. The van der Waals surface area contributed by atoms with E-state index in [1.807, 2.05) is 25.1 Å². The zero-order chi connectivity index (χ0) is 12.8. The summed E-state index contributed by atoms with van der Waals surface area (Å²) in [7, 11) is 1.59. The Labute approximate surface area is 101 Å². The van der Waals surface area contributed by atoms with Crippen LogP contribution in [0.2, 0.25) is 0 Å². The topological polar surface area (TPSA) is 84.6 Å². The van der Waals surface area contributed by atoms with E-state index in [1.54, 1.807) is 7.11 Å². The van der Waals surface area contributed by atoms with Gasteiger partial charge in [0.05, 0.1) is 19.2 Å². The van der Waals surface area contributed by atoms with Crippen LogP contribution in [-0.2, 0) is 4.79 Å². The number of nitrogens with two attached hydrogens (primary N) is 1. The maximum Gasteiger partial charge on any atom is 0.304 e. The molecule has 0 saturated carbocycles. The molecule has 5 nitrogen and oxygen atoms in total. The quantitative estimate of drug-likeness (QED) is 0.694. The predicted molar refractivity (Wildman–Crippen MR) is 66.4 cm³/mol. The number of carbonyl (C=O) groups is 1. The van der Waals surface area contributed by atoms with Gasteiger partial charge >= 0.3 is 5.97 Å². The molecular weight excluding hydrogens is 220 g/mol. The van der Waals surface area contributed by atoms with Gasteiger partial charge in [-0.25, -0.2) is 0 Å². The molecule has 0 spiro atoms. The van der Waals surface area contributed by atoms with E-state index in [4.69, 9.17) is 15.6 Å². The highest BCUT2D eigenvalue weighted by atomic mass is 16.5. The number of ether oxygens (including phenoxy) is 1. The fourth-order valence-corrected chi connectivity index (χ4v) is 1.50. The summed E-state index contributed by atoms with van der Waals surface area (Å²) in [5.74, 6) is -0.173. The molecule has 0 aliphatic rings. The number of carboxylic acid groups (broad SMARTS) is 1. The SMILES string of the molecule is COc1ccc(C)cc1NCC(N)CC(=O)O. The van der Waals surface area contributed by atoms with Gasteiger partial charge in [-0.2, -0.15) is 0 Å². The van der Waals surface area contributed by atoms with E-state index in [1.165, 1.54) is 0 Å². The van der Waals surface area contributed by atoms with E-state index in [0.717, 1.165) is 17.0 Å². The van der Waals surface area contributed by atoms with Crippen molar-refractivity contribution >= 4 is 11.7 Å². The van der Waals surface area contributed by atoms with Crippen LogP contribution in [0.5, 0.6) is 5.75 Å². The molecule has 4 N–H and O–H groups in total. The first-order valence-electron chi connectivity index (χ1n) is 5.39. The number of methoxy groups -OCH3 is 1. The van der Waals surface area contributed by atoms with Crippen LogP contribution < -0.4 is 15.8 Å². The van der Waals surface area contributed by atoms with E-state index < -0.39 is 12.0 Å². The maximum absolute atomic E-state index is 10.5. The van der Waals surface area contributed by atoms with Gasteiger partial charge in [0.25, 0.3) is 0 Å². The van der Waals surface area contributed by atoms with Gasteiger partial charge in [0, 0.05) is 12.6 Å². The summed E-state index contributed by atoms with van der Waals surface area (Å²) in [5.41, 5.74) is 7.59. The first-order chi connectivity index (χ1) is 8.02. The van der Waals surface area contributed by atoms with Crippen molar-refractivity contribution in [3.63, 3.8) is 0 Å². The molecule has 0 heterocycles. The number of carboxylic acids is 1. The van der Waals surface area contributed by atoms with Gasteiger partial charge in [-0.3, -0.25) is 4.79 Å². The van der Waals surface area contributed by atoms with E-state index in [9.17, 15) is 4.79 Å². The molecule has 0 bridgehead atoms. The second kappa shape index (κ2) is 6.10. The Bertz CT molecular complexity index is 393. The van der Waals surface area contributed by atoms with Crippen LogP contribution in [-0.4, -0.2) is 30.8 Å². The number of anilines is 1. The number of benzene rings is 1. The zero-order valence-corrected chi connectivity index (χ0v) is 10.1. The van der Waals surface area contributed by atoms with Gasteiger partial charge in [-0.05, 0) is 24.6 Å². The summed E-state index contributed by atoms with van der Waals surface area (Å²) in [6, 6.07) is 5.33. The molecule has 0 amide bonds. The van der Waals surface area contributed by atoms with Gasteiger partial charge < -0.3 is 20.9 Å². The van der Waals surface area contributed by atoms with E-state index in [0.29, 0.717) is 6.54 Å². The van der Waals surface area contributed by atoms with Crippen molar-refractivity contribution < 1.29 is 14.6 Å². The largest absolute Gasteiger partial charge is 0.495 e. The van der Waals surface area contributed by atoms with Crippen LogP contribution in [0.4, 0.5) is 5.69 Å². The molecule has 1 unspecified atom stereocenters. The minimum atomic E-state index is -0.893. The van der Waals surface area contributed by atoms with Crippen molar-refractivity contribution in [3.05, 3.63) is 23.8 Å². The summed E-state index contributed by atoms with van der Waals surface area (Å²) in [5, 5.41) is 11.7. The number of aliphatic carboxylic acids is 1. The Morgan fingerprint density at radius 2 is 2.29 bits per heavy atom. The minimum Gasteiger partial charge on any atom is -0.495 e. The molecule has 0 saturated heterocycles. The lowest BCUT2D eigenvalue weighted by atomic mass is 10.2. The van der Waals surface area contributed by atoms with Crippen LogP contribution in [0, 0.1) is 6.92 Å². The summed E-state index contributed by atoms with van der Waals surface area (Å²) < 4.78 is 5.19. The molecule has 0 aromatic heterocycles. The molecule has 94 valence electrons. The standard InChI is InChI=1S/C12H18N2O3/c1-8-3-4-11(17-2)10(5-8)14-7-9(13)6-12(15)16/h3-5,9,14H,6-7,13H2,1-2H3,(H,15,16). The monoisotopic (exact) mass is 238 g/mol. The van der Waals surface area contributed by atoms with Crippen LogP contribution in [0.3, 0.4) is 0 Å². The lowest BCUT2D eigenvalue weighted by Crippen LogP contribution is -2.31. The molecular formula is C12H18N2O3. The maximum atomic E-state index is 10.5. The van der Waals surface area contributed by atoms with Gasteiger partial charge in [-0.1, -0.05) is 6.07 Å². The molecule has 1 aromatic rings. The third-order valence-corrected chi connectivity index (χ3v) is 2.35. The van der Waals surface area contributed by atoms with Gasteiger partial charge in [0.2, 0.25) is 0 Å². The third kappa shape index (κ3) is 4.32. The first kappa shape index (κ1) is 13.3. The second-order valence-corrected chi connectivity index (χ2v) is 3.94. The van der Waals surface area contributed by atoms with Crippen LogP contribution in [0.1, 0.15) is 12.0 Å². The molecule has 1 aromatic carbocycles. The fourth-order valence-electron chi connectivity index (χ4n) is 1.50. The number of hydrogen-bond acceptors (Lipinski definition) is 4. The van der Waals surface area contributed by atoms with Gasteiger partial charge in [0.15, 0.2) is 0 Å². The fraction of sp³-hybridized carbons (Fsp3) is 0.417. The highest BCUT2D eigenvalue weighted by molar-refractivity contribution is 5.67. The van der Waals surface area contributed by atoms with Gasteiger partial charge in [0.1, 0.15) is 5.75 Å². The Balaban J connectivity index is 2.61. The van der Waals surface area contributed by atoms with E-state index in [-0.39, 0.29) is 6.42 Å². The van der Waals surface area contributed by atoms with Gasteiger partial charge in [-0.15, -0.1) is 0 Å². The van der Waals surface area contributed by atoms with E-state index >= 15 is 0 Å². The average molecular weight is 238 g/mol.